The number of hydrogen-bond acceptors (Lipinski definition) is 5. The third-order valence-corrected chi connectivity index (χ3v) is 6.04. The van der Waals surface area contributed by atoms with Crippen molar-refractivity contribution in [2.24, 2.45) is 0 Å². The fourth-order valence-electron chi connectivity index (χ4n) is 2.84. The van der Waals surface area contributed by atoms with Crippen LogP contribution >= 0.6 is 0 Å². The van der Waals surface area contributed by atoms with Gasteiger partial charge >= 0.3 is 0 Å². The highest BCUT2D eigenvalue weighted by atomic mass is 32.2. The first-order valence-corrected chi connectivity index (χ1v) is 9.04. The summed E-state index contributed by atoms with van der Waals surface area (Å²) in [5, 5.41) is 0. The fourth-order valence-corrected chi connectivity index (χ4v) is 4.64. The Morgan fingerprint density at radius 2 is 1.71 bits per heavy atom. The Morgan fingerprint density at radius 1 is 1.14 bits per heavy atom. The minimum atomic E-state index is -2.93. The maximum Gasteiger partial charge on any atom is 0.236 e. The van der Waals surface area contributed by atoms with E-state index in [1.807, 2.05) is 4.90 Å². The highest BCUT2D eigenvalue weighted by molar-refractivity contribution is 7.91. The SMILES string of the molecule is CC(=O)N1CCN(C(=O)CN(C)C2CCS(=O)(=O)C2)CC1. The number of carbonyl (C=O) groups is 2. The summed E-state index contributed by atoms with van der Waals surface area (Å²) in [5.74, 6) is 0.405. The van der Waals surface area contributed by atoms with Crippen LogP contribution in [0.3, 0.4) is 0 Å². The van der Waals surface area contributed by atoms with Crippen LogP contribution in [0.5, 0.6) is 0 Å². The van der Waals surface area contributed by atoms with Gasteiger partial charge in [-0.25, -0.2) is 8.42 Å². The predicted molar refractivity (Wildman–Crippen MR) is 78.5 cm³/mol. The van der Waals surface area contributed by atoms with Crippen molar-refractivity contribution >= 4 is 21.7 Å². The first-order valence-electron chi connectivity index (χ1n) is 7.22. The Bertz CT molecular complexity index is 512. The summed E-state index contributed by atoms with van der Waals surface area (Å²) in [6, 6.07) is -0.0579. The zero-order valence-corrected chi connectivity index (χ0v) is 13.4. The zero-order chi connectivity index (χ0) is 15.6. The molecule has 21 heavy (non-hydrogen) atoms. The van der Waals surface area contributed by atoms with Gasteiger partial charge in [0, 0.05) is 39.1 Å². The van der Waals surface area contributed by atoms with Gasteiger partial charge in [0.25, 0.3) is 0 Å². The van der Waals surface area contributed by atoms with Gasteiger partial charge in [-0.2, -0.15) is 0 Å². The van der Waals surface area contributed by atoms with Crippen LogP contribution in [-0.4, -0.2) is 92.3 Å². The second-order valence-electron chi connectivity index (χ2n) is 5.86. The van der Waals surface area contributed by atoms with Crippen LogP contribution in [0, 0.1) is 0 Å². The van der Waals surface area contributed by atoms with Gasteiger partial charge in [0.1, 0.15) is 0 Å². The molecule has 2 aliphatic heterocycles. The molecule has 1 atom stereocenters. The molecule has 2 amide bonds. The minimum absolute atomic E-state index is 0.00463. The molecule has 0 aliphatic carbocycles. The van der Waals surface area contributed by atoms with Crippen LogP contribution in [-0.2, 0) is 19.4 Å². The van der Waals surface area contributed by atoms with Crippen molar-refractivity contribution in [1.29, 1.82) is 0 Å². The number of nitrogens with zero attached hydrogens (tertiary/aromatic N) is 3. The molecule has 2 aliphatic rings. The lowest BCUT2D eigenvalue weighted by molar-refractivity contribution is -0.139. The largest absolute Gasteiger partial charge is 0.339 e. The van der Waals surface area contributed by atoms with E-state index in [-0.39, 0.29) is 35.9 Å². The number of likely N-dealkylation sites (N-methyl/N-ethyl adjacent to an activating group) is 1. The van der Waals surface area contributed by atoms with E-state index in [0.717, 1.165) is 0 Å². The molecular weight excluding hydrogens is 294 g/mol. The Balaban J connectivity index is 1.81. The lowest BCUT2D eigenvalue weighted by Gasteiger charge is -2.35. The molecule has 0 radical (unpaired) electrons. The predicted octanol–water partition coefficient (Wildman–Crippen LogP) is -1.20. The molecule has 2 saturated heterocycles. The van der Waals surface area contributed by atoms with Gasteiger partial charge in [0.2, 0.25) is 11.8 Å². The molecule has 0 spiro atoms. The highest BCUT2D eigenvalue weighted by Crippen LogP contribution is 2.16. The van der Waals surface area contributed by atoms with Gasteiger partial charge in [0.15, 0.2) is 9.84 Å². The van der Waals surface area contributed by atoms with Crippen LogP contribution in [0.2, 0.25) is 0 Å². The summed E-state index contributed by atoms with van der Waals surface area (Å²) in [6.07, 6.45) is 0.601. The van der Waals surface area contributed by atoms with Crippen LogP contribution in [0.15, 0.2) is 0 Å². The van der Waals surface area contributed by atoms with Gasteiger partial charge in [-0.3, -0.25) is 14.5 Å². The lowest BCUT2D eigenvalue weighted by atomic mass is 10.2. The van der Waals surface area contributed by atoms with Crippen LogP contribution in [0.4, 0.5) is 0 Å². The molecule has 0 bridgehead atoms. The third-order valence-electron chi connectivity index (χ3n) is 4.29. The highest BCUT2D eigenvalue weighted by Gasteiger charge is 2.32. The first-order chi connectivity index (χ1) is 9.78. The molecule has 0 N–H and O–H groups in total. The summed E-state index contributed by atoms with van der Waals surface area (Å²) in [7, 11) is -1.13. The van der Waals surface area contributed by atoms with E-state index in [9.17, 15) is 18.0 Å². The van der Waals surface area contributed by atoms with Crippen LogP contribution in [0.25, 0.3) is 0 Å². The Morgan fingerprint density at radius 3 is 2.19 bits per heavy atom. The van der Waals surface area contributed by atoms with Crippen molar-refractivity contribution in [1.82, 2.24) is 14.7 Å². The summed E-state index contributed by atoms with van der Waals surface area (Å²) < 4.78 is 22.9. The smallest absolute Gasteiger partial charge is 0.236 e. The normalized spacial score (nSPS) is 25.4. The van der Waals surface area contributed by atoms with Crippen molar-refractivity contribution in [3.8, 4) is 0 Å². The topological polar surface area (TPSA) is 78.0 Å². The van der Waals surface area contributed by atoms with Gasteiger partial charge < -0.3 is 9.80 Å². The van der Waals surface area contributed by atoms with Crippen molar-refractivity contribution in [3.05, 3.63) is 0 Å². The molecule has 0 saturated carbocycles. The molecule has 1 unspecified atom stereocenters. The van der Waals surface area contributed by atoms with E-state index in [1.54, 1.807) is 16.8 Å². The molecule has 7 nitrogen and oxygen atoms in total. The van der Waals surface area contributed by atoms with Gasteiger partial charge in [-0.05, 0) is 13.5 Å². The number of hydrogen-bond donors (Lipinski definition) is 0. The number of carbonyl (C=O) groups excluding carboxylic acids is 2. The van der Waals surface area contributed by atoms with E-state index in [4.69, 9.17) is 0 Å². The molecule has 0 aromatic heterocycles. The fraction of sp³-hybridized carbons (Fsp3) is 0.846. The van der Waals surface area contributed by atoms with Gasteiger partial charge in [-0.15, -0.1) is 0 Å². The average Bonchev–Trinajstić information content (AvgIpc) is 2.79. The maximum absolute atomic E-state index is 12.2. The minimum Gasteiger partial charge on any atom is -0.339 e. The number of piperazine rings is 1. The molecule has 0 aromatic rings. The summed E-state index contributed by atoms with van der Waals surface area (Å²) in [6.45, 7) is 4.02. The Labute approximate surface area is 125 Å². The maximum atomic E-state index is 12.2. The van der Waals surface area contributed by atoms with Crippen molar-refractivity contribution in [2.75, 3.05) is 51.3 Å². The van der Waals surface area contributed by atoms with Crippen LogP contribution < -0.4 is 0 Å². The van der Waals surface area contributed by atoms with Crippen molar-refractivity contribution in [2.45, 2.75) is 19.4 Å². The van der Waals surface area contributed by atoms with Crippen molar-refractivity contribution in [3.63, 3.8) is 0 Å². The molecule has 2 rings (SSSR count). The summed E-state index contributed by atoms with van der Waals surface area (Å²) >= 11 is 0. The zero-order valence-electron chi connectivity index (χ0n) is 12.6. The lowest BCUT2D eigenvalue weighted by Crippen LogP contribution is -2.52. The summed E-state index contributed by atoms with van der Waals surface area (Å²) in [5.41, 5.74) is 0. The molecule has 120 valence electrons. The Kier molecular flexibility index (Phi) is 4.88. The summed E-state index contributed by atoms with van der Waals surface area (Å²) in [4.78, 5) is 28.8. The van der Waals surface area contributed by atoms with E-state index in [0.29, 0.717) is 32.6 Å². The van der Waals surface area contributed by atoms with Gasteiger partial charge in [0.05, 0.1) is 18.1 Å². The standard InChI is InChI=1S/C13H23N3O4S/c1-11(17)15-4-6-16(7-5-15)13(18)9-14(2)12-3-8-21(19,20)10-12/h12H,3-10H2,1-2H3. The van der Waals surface area contributed by atoms with E-state index >= 15 is 0 Å². The number of sulfone groups is 1. The third kappa shape index (κ3) is 4.16. The number of amides is 2. The van der Waals surface area contributed by atoms with E-state index < -0.39 is 9.84 Å². The van der Waals surface area contributed by atoms with Crippen molar-refractivity contribution < 1.29 is 18.0 Å². The average molecular weight is 317 g/mol. The van der Waals surface area contributed by atoms with Gasteiger partial charge in [-0.1, -0.05) is 0 Å². The van der Waals surface area contributed by atoms with E-state index in [1.165, 1.54) is 6.92 Å². The quantitative estimate of drug-likeness (QED) is 0.653. The Hall–Kier alpha value is -1.15. The van der Waals surface area contributed by atoms with Crippen LogP contribution in [0.1, 0.15) is 13.3 Å². The van der Waals surface area contributed by atoms with E-state index in [2.05, 4.69) is 0 Å². The molecule has 2 heterocycles. The first kappa shape index (κ1) is 16.2. The monoisotopic (exact) mass is 317 g/mol. The molecular formula is C13H23N3O4S. The second kappa shape index (κ2) is 6.31. The molecule has 2 fully saturated rings. The second-order valence-corrected chi connectivity index (χ2v) is 8.09. The number of rotatable bonds is 3. The molecule has 8 heteroatoms. The molecule has 0 aromatic carbocycles.